The molecule has 2 heterocycles. The highest BCUT2D eigenvalue weighted by atomic mass is 32.1. The number of nitrogens with one attached hydrogen (secondary N) is 1. The third-order valence-electron chi connectivity index (χ3n) is 3.18. The quantitative estimate of drug-likeness (QED) is 0.919. The monoisotopic (exact) mass is 264 g/mol. The fourth-order valence-corrected chi connectivity index (χ4v) is 2.87. The van der Waals surface area contributed by atoms with Crippen molar-refractivity contribution in [2.24, 2.45) is 0 Å². The molecule has 0 unspecified atom stereocenters. The molecule has 2 aromatic rings. The number of ether oxygens (including phenoxy) is 2. The van der Waals surface area contributed by atoms with Gasteiger partial charge in [-0.25, -0.2) is 4.98 Å². The Kier molecular flexibility index (Phi) is 2.97. The third-order valence-corrected chi connectivity index (χ3v) is 4.17. The zero-order valence-electron chi connectivity index (χ0n) is 10.5. The molecule has 1 aliphatic rings. The van der Waals surface area contributed by atoms with Gasteiger partial charge in [-0.3, -0.25) is 0 Å². The van der Waals surface area contributed by atoms with Crippen molar-refractivity contribution in [2.45, 2.75) is 19.1 Å². The first-order valence-electron chi connectivity index (χ1n) is 5.97. The summed E-state index contributed by atoms with van der Waals surface area (Å²) < 4.78 is 12.2. The minimum atomic E-state index is -0.0183. The molecule has 1 aliphatic heterocycles. The zero-order valence-corrected chi connectivity index (χ0v) is 11.3. The number of hydrogen-bond acceptors (Lipinski definition) is 5. The Morgan fingerprint density at radius 1 is 1.44 bits per heavy atom. The van der Waals surface area contributed by atoms with E-state index in [1.54, 1.807) is 18.4 Å². The predicted molar refractivity (Wildman–Crippen MR) is 72.2 cm³/mol. The SMILES string of the molecule is COc1ccc2nc(COC3(C)CNC3)sc2c1. The van der Waals surface area contributed by atoms with Gasteiger partial charge in [0, 0.05) is 13.1 Å². The van der Waals surface area contributed by atoms with Gasteiger partial charge < -0.3 is 14.8 Å². The predicted octanol–water partition coefficient (Wildman–Crippen LogP) is 2.18. The van der Waals surface area contributed by atoms with Gasteiger partial charge in [0.15, 0.2) is 0 Å². The Labute approximate surface area is 110 Å². The standard InChI is InChI=1S/C13H16N2O2S/c1-13(7-14-8-13)17-6-12-15-10-4-3-9(16-2)5-11(10)18-12/h3-5,14H,6-8H2,1-2H3. The lowest BCUT2D eigenvalue weighted by atomic mass is 10.0. The first-order valence-corrected chi connectivity index (χ1v) is 6.78. The largest absolute Gasteiger partial charge is 0.497 e. The first-order chi connectivity index (χ1) is 8.68. The molecule has 3 rings (SSSR count). The molecule has 18 heavy (non-hydrogen) atoms. The van der Waals surface area contributed by atoms with Gasteiger partial charge in [0.05, 0.1) is 29.5 Å². The Hall–Kier alpha value is -1.17. The average Bonchev–Trinajstić information content (AvgIpc) is 2.75. The maximum absolute atomic E-state index is 5.89. The molecule has 1 N–H and O–H groups in total. The van der Waals surface area contributed by atoms with Crippen molar-refractivity contribution in [2.75, 3.05) is 20.2 Å². The maximum atomic E-state index is 5.89. The average molecular weight is 264 g/mol. The fourth-order valence-electron chi connectivity index (χ4n) is 1.96. The number of rotatable bonds is 4. The highest BCUT2D eigenvalue weighted by Crippen LogP contribution is 2.27. The van der Waals surface area contributed by atoms with Crippen molar-refractivity contribution >= 4 is 21.6 Å². The Bertz CT molecular complexity index is 563. The van der Waals surface area contributed by atoms with Gasteiger partial charge >= 0.3 is 0 Å². The van der Waals surface area contributed by atoms with Crippen molar-refractivity contribution in [1.29, 1.82) is 0 Å². The number of benzene rings is 1. The first kappa shape index (κ1) is 11.9. The van der Waals surface area contributed by atoms with Gasteiger partial charge in [-0.05, 0) is 25.1 Å². The van der Waals surface area contributed by atoms with Crippen LogP contribution in [0, 0.1) is 0 Å². The van der Waals surface area contributed by atoms with Crippen LogP contribution >= 0.6 is 11.3 Å². The zero-order chi connectivity index (χ0) is 12.6. The summed E-state index contributed by atoms with van der Waals surface area (Å²) in [6.07, 6.45) is 0. The van der Waals surface area contributed by atoms with Gasteiger partial charge in [-0.15, -0.1) is 11.3 Å². The van der Waals surface area contributed by atoms with E-state index < -0.39 is 0 Å². The molecule has 1 saturated heterocycles. The highest BCUT2D eigenvalue weighted by molar-refractivity contribution is 7.18. The lowest BCUT2D eigenvalue weighted by molar-refractivity contribution is -0.0767. The van der Waals surface area contributed by atoms with Gasteiger partial charge in [0.1, 0.15) is 10.8 Å². The van der Waals surface area contributed by atoms with E-state index in [9.17, 15) is 0 Å². The maximum Gasteiger partial charge on any atom is 0.120 e. The van der Waals surface area contributed by atoms with Crippen LogP contribution in [0.5, 0.6) is 5.75 Å². The summed E-state index contributed by atoms with van der Waals surface area (Å²) in [7, 11) is 1.68. The van der Waals surface area contributed by atoms with E-state index in [0.29, 0.717) is 6.61 Å². The van der Waals surface area contributed by atoms with Crippen molar-refractivity contribution in [3.05, 3.63) is 23.2 Å². The molecule has 0 bridgehead atoms. The van der Waals surface area contributed by atoms with Crippen LogP contribution in [0.1, 0.15) is 11.9 Å². The second-order valence-corrected chi connectivity index (χ2v) is 5.90. The van der Waals surface area contributed by atoms with Gasteiger partial charge in [-0.2, -0.15) is 0 Å². The minimum absolute atomic E-state index is 0.0183. The minimum Gasteiger partial charge on any atom is -0.497 e. The van der Waals surface area contributed by atoms with E-state index in [4.69, 9.17) is 9.47 Å². The number of aromatic nitrogens is 1. The summed E-state index contributed by atoms with van der Waals surface area (Å²) in [5.41, 5.74) is 0.992. The van der Waals surface area contributed by atoms with Crippen LogP contribution in [-0.4, -0.2) is 30.8 Å². The number of nitrogens with zero attached hydrogens (tertiary/aromatic N) is 1. The normalized spacial score (nSPS) is 17.7. The lowest BCUT2D eigenvalue weighted by Gasteiger charge is -2.38. The second-order valence-electron chi connectivity index (χ2n) is 4.78. The van der Waals surface area contributed by atoms with Crippen molar-refractivity contribution < 1.29 is 9.47 Å². The number of methoxy groups -OCH3 is 1. The van der Waals surface area contributed by atoms with E-state index in [-0.39, 0.29) is 5.60 Å². The summed E-state index contributed by atoms with van der Waals surface area (Å²) in [6.45, 7) is 4.55. The van der Waals surface area contributed by atoms with E-state index in [2.05, 4.69) is 17.2 Å². The van der Waals surface area contributed by atoms with Crippen LogP contribution in [0.2, 0.25) is 0 Å². The number of fused-ring (bicyclic) bond motifs is 1. The van der Waals surface area contributed by atoms with Gasteiger partial charge in [-0.1, -0.05) is 0 Å². The molecule has 0 amide bonds. The Morgan fingerprint density at radius 2 is 2.28 bits per heavy atom. The van der Waals surface area contributed by atoms with Gasteiger partial charge in [0.25, 0.3) is 0 Å². The molecule has 0 aliphatic carbocycles. The lowest BCUT2D eigenvalue weighted by Crippen LogP contribution is -2.58. The molecule has 96 valence electrons. The summed E-state index contributed by atoms with van der Waals surface area (Å²) in [6, 6.07) is 5.94. The van der Waals surface area contributed by atoms with Crippen LogP contribution in [0.15, 0.2) is 18.2 Å². The van der Waals surface area contributed by atoms with Gasteiger partial charge in [0.2, 0.25) is 0 Å². The van der Waals surface area contributed by atoms with Crippen LogP contribution in [0.4, 0.5) is 0 Å². The van der Waals surface area contributed by atoms with Crippen LogP contribution in [-0.2, 0) is 11.3 Å². The molecule has 1 aromatic heterocycles. The topological polar surface area (TPSA) is 43.4 Å². The molecule has 1 fully saturated rings. The van der Waals surface area contributed by atoms with E-state index in [1.807, 2.05) is 18.2 Å². The molecule has 1 aromatic carbocycles. The molecule has 0 saturated carbocycles. The molecule has 4 nitrogen and oxygen atoms in total. The van der Waals surface area contributed by atoms with Crippen LogP contribution in [0.25, 0.3) is 10.2 Å². The van der Waals surface area contributed by atoms with Crippen molar-refractivity contribution in [3.8, 4) is 5.75 Å². The molecule has 5 heteroatoms. The highest BCUT2D eigenvalue weighted by Gasteiger charge is 2.32. The fraction of sp³-hybridized carbons (Fsp3) is 0.462. The molecule has 0 atom stereocenters. The second kappa shape index (κ2) is 4.50. The smallest absolute Gasteiger partial charge is 0.120 e. The molecular formula is C13H16N2O2S. The summed E-state index contributed by atoms with van der Waals surface area (Å²) in [4.78, 5) is 4.57. The van der Waals surface area contributed by atoms with E-state index >= 15 is 0 Å². The molecule has 0 spiro atoms. The number of hydrogen-bond donors (Lipinski definition) is 1. The van der Waals surface area contributed by atoms with Crippen LogP contribution < -0.4 is 10.1 Å². The van der Waals surface area contributed by atoms with E-state index in [1.165, 1.54) is 0 Å². The number of thiazole rings is 1. The van der Waals surface area contributed by atoms with Crippen LogP contribution in [0.3, 0.4) is 0 Å². The Balaban J connectivity index is 1.76. The molecule has 0 radical (unpaired) electrons. The van der Waals surface area contributed by atoms with E-state index in [0.717, 1.165) is 34.1 Å². The third kappa shape index (κ3) is 2.21. The van der Waals surface area contributed by atoms with Crippen molar-refractivity contribution in [3.63, 3.8) is 0 Å². The summed E-state index contributed by atoms with van der Waals surface area (Å²) in [5, 5.41) is 4.24. The molecular weight excluding hydrogens is 248 g/mol. The van der Waals surface area contributed by atoms with Crippen molar-refractivity contribution in [1.82, 2.24) is 10.3 Å². The Morgan fingerprint density at radius 3 is 2.94 bits per heavy atom. The summed E-state index contributed by atoms with van der Waals surface area (Å²) in [5.74, 6) is 0.869. The summed E-state index contributed by atoms with van der Waals surface area (Å²) >= 11 is 1.67.